The molecule has 0 bridgehead atoms. The van der Waals surface area contributed by atoms with Crippen LogP contribution in [0.1, 0.15) is 36.8 Å². The van der Waals surface area contributed by atoms with E-state index in [-0.39, 0.29) is 5.91 Å². The Morgan fingerprint density at radius 2 is 1.86 bits per heavy atom. The zero-order valence-corrected chi connectivity index (χ0v) is 16.1. The predicted octanol–water partition coefficient (Wildman–Crippen LogP) is 3.21. The Kier molecular flexibility index (Phi) is 4.72. The molecule has 1 amide bonds. The minimum absolute atomic E-state index is 0.115. The molecule has 0 radical (unpaired) electrons. The third-order valence-corrected chi connectivity index (χ3v) is 5.97. The average Bonchev–Trinajstić information content (AvgIpc) is 3.46. The van der Waals surface area contributed by atoms with Gasteiger partial charge < -0.3 is 9.64 Å². The number of hydrogen-bond donors (Lipinski definition) is 0. The highest BCUT2D eigenvalue weighted by Gasteiger charge is 2.25. The second-order valence-electron chi connectivity index (χ2n) is 8.14. The summed E-state index contributed by atoms with van der Waals surface area (Å²) in [5, 5.41) is 0. The summed E-state index contributed by atoms with van der Waals surface area (Å²) in [6, 6.07) is 6.36. The van der Waals surface area contributed by atoms with Gasteiger partial charge in [-0.1, -0.05) is 6.07 Å². The number of benzene rings is 1. The first kappa shape index (κ1) is 17.6. The Labute approximate surface area is 165 Å². The number of aromatic nitrogens is 2. The third kappa shape index (κ3) is 3.87. The average molecular weight is 378 g/mol. The summed E-state index contributed by atoms with van der Waals surface area (Å²) in [6.07, 6.45) is 9.70. The molecule has 3 aliphatic rings. The maximum absolute atomic E-state index is 11.8. The van der Waals surface area contributed by atoms with Crippen LogP contribution in [-0.4, -0.2) is 47.0 Å². The molecular weight excluding hydrogens is 352 g/mol. The molecule has 1 saturated heterocycles. The van der Waals surface area contributed by atoms with Gasteiger partial charge in [-0.15, -0.1) is 0 Å². The van der Waals surface area contributed by atoms with Crippen molar-refractivity contribution < 1.29 is 9.53 Å². The van der Waals surface area contributed by atoms with Crippen LogP contribution in [0, 0.1) is 5.92 Å². The highest BCUT2D eigenvalue weighted by Crippen LogP contribution is 2.31. The Morgan fingerprint density at radius 3 is 2.57 bits per heavy atom. The van der Waals surface area contributed by atoms with Crippen LogP contribution in [0.25, 0.3) is 0 Å². The number of nitrogens with zero attached hydrogens (tertiary/aromatic N) is 4. The number of ether oxygens (including phenoxy) is 1. The van der Waals surface area contributed by atoms with Gasteiger partial charge in [0.15, 0.2) is 5.82 Å². The minimum atomic E-state index is 0.115. The number of carbonyl (C=O) groups excluding carboxylic acids is 1. The topological polar surface area (TPSA) is 58.6 Å². The number of rotatable bonds is 5. The van der Waals surface area contributed by atoms with Crippen LogP contribution in [0.15, 0.2) is 30.6 Å². The second-order valence-corrected chi connectivity index (χ2v) is 8.14. The first-order valence-electron chi connectivity index (χ1n) is 10.4. The van der Waals surface area contributed by atoms with Crippen LogP contribution < -0.4 is 9.64 Å². The molecule has 1 saturated carbocycles. The number of anilines is 1. The van der Waals surface area contributed by atoms with Crippen LogP contribution in [0.4, 0.5) is 5.82 Å². The lowest BCUT2D eigenvalue weighted by molar-refractivity contribution is -0.117. The Morgan fingerprint density at radius 1 is 1.00 bits per heavy atom. The molecule has 1 aromatic heterocycles. The lowest BCUT2D eigenvalue weighted by atomic mass is 10.0. The molecule has 146 valence electrons. The summed E-state index contributed by atoms with van der Waals surface area (Å²) in [6.45, 7) is 4.27. The molecule has 28 heavy (non-hydrogen) atoms. The van der Waals surface area contributed by atoms with Gasteiger partial charge in [0, 0.05) is 32.6 Å². The van der Waals surface area contributed by atoms with Crippen LogP contribution in [0.5, 0.6) is 11.6 Å². The van der Waals surface area contributed by atoms with E-state index in [2.05, 4.69) is 27.0 Å². The first-order valence-corrected chi connectivity index (χ1v) is 10.4. The van der Waals surface area contributed by atoms with Crippen molar-refractivity contribution in [3.05, 3.63) is 41.7 Å². The van der Waals surface area contributed by atoms with Gasteiger partial charge in [-0.25, -0.2) is 9.97 Å². The second kappa shape index (κ2) is 7.51. The van der Waals surface area contributed by atoms with E-state index in [4.69, 9.17) is 4.74 Å². The van der Waals surface area contributed by atoms with Crippen molar-refractivity contribution in [2.75, 3.05) is 31.1 Å². The van der Waals surface area contributed by atoms with Crippen molar-refractivity contribution in [1.29, 1.82) is 0 Å². The highest BCUT2D eigenvalue weighted by atomic mass is 16.5. The summed E-state index contributed by atoms with van der Waals surface area (Å²) in [5.74, 6) is 2.92. The van der Waals surface area contributed by atoms with E-state index in [1.165, 1.54) is 30.5 Å². The molecule has 0 atom stereocenters. The van der Waals surface area contributed by atoms with E-state index >= 15 is 0 Å². The SMILES string of the molecule is O=C1CCCN1c1cnc(Oc2ccc3c(c2)CCN(CC2CC2)CC3)cn1. The van der Waals surface area contributed by atoms with Gasteiger partial charge in [-0.05, 0) is 61.3 Å². The molecule has 1 aromatic carbocycles. The van der Waals surface area contributed by atoms with Gasteiger partial charge >= 0.3 is 0 Å². The lowest BCUT2D eigenvalue weighted by Crippen LogP contribution is -2.28. The zero-order chi connectivity index (χ0) is 18.9. The molecular formula is C22H26N4O2. The standard InChI is InChI=1S/C22H26N4O2/c27-22-2-1-9-26(22)20-13-24-21(14-23-20)28-19-6-5-17-7-10-25(15-16-3-4-16)11-8-18(17)12-19/h5-6,12-14,16H,1-4,7-11,15H2. The molecule has 2 fully saturated rings. The Hall–Kier alpha value is -2.47. The lowest BCUT2D eigenvalue weighted by Gasteiger charge is -2.18. The molecule has 0 N–H and O–H groups in total. The van der Waals surface area contributed by atoms with Crippen LogP contribution >= 0.6 is 0 Å². The maximum Gasteiger partial charge on any atom is 0.237 e. The maximum atomic E-state index is 11.8. The van der Waals surface area contributed by atoms with E-state index in [9.17, 15) is 4.79 Å². The zero-order valence-electron chi connectivity index (χ0n) is 16.1. The first-order chi connectivity index (χ1) is 13.7. The minimum Gasteiger partial charge on any atom is -0.437 e. The quantitative estimate of drug-likeness (QED) is 0.800. The molecule has 3 heterocycles. The monoisotopic (exact) mass is 378 g/mol. The van der Waals surface area contributed by atoms with Crippen LogP contribution in [-0.2, 0) is 17.6 Å². The van der Waals surface area contributed by atoms with Crippen molar-refractivity contribution in [3.8, 4) is 11.6 Å². The summed E-state index contributed by atoms with van der Waals surface area (Å²) in [7, 11) is 0. The van der Waals surface area contributed by atoms with E-state index in [1.807, 2.05) is 6.07 Å². The summed E-state index contributed by atoms with van der Waals surface area (Å²) in [5.41, 5.74) is 2.81. The third-order valence-electron chi connectivity index (χ3n) is 5.97. The van der Waals surface area contributed by atoms with E-state index in [0.717, 1.165) is 50.6 Å². The Balaban J connectivity index is 1.25. The van der Waals surface area contributed by atoms with Gasteiger partial charge in [0.1, 0.15) is 5.75 Å². The molecule has 1 aliphatic carbocycles. The predicted molar refractivity (Wildman–Crippen MR) is 107 cm³/mol. The van der Waals surface area contributed by atoms with Crippen molar-refractivity contribution in [1.82, 2.24) is 14.9 Å². The van der Waals surface area contributed by atoms with Crippen LogP contribution in [0.2, 0.25) is 0 Å². The van der Waals surface area contributed by atoms with E-state index in [1.54, 1.807) is 17.3 Å². The number of fused-ring (bicyclic) bond motifs is 1. The number of amides is 1. The van der Waals surface area contributed by atoms with Gasteiger partial charge in [-0.3, -0.25) is 9.69 Å². The van der Waals surface area contributed by atoms with Crippen molar-refractivity contribution >= 4 is 11.7 Å². The van der Waals surface area contributed by atoms with Gasteiger partial charge in [0.05, 0.1) is 12.4 Å². The molecule has 2 aromatic rings. The summed E-state index contributed by atoms with van der Waals surface area (Å²) >= 11 is 0. The molecule has 0 unspecified atom stereocenters. The normalized spacial score (nSPS) is 20.1. The smallest absolute Gasteiger partial charge is 0.237 e. The summed E-state index contributed by atoms with van der Waals surface area (Å²) in [4.78, 5) is 24.8. The largest absolute Gasteiger partial charge is 0.437 e. The van der Waals surface area contributed by atoms with Gasteiger partial charge in [0.2, 0.25) is 11.8 Å². The van der Waals surface area contributed by atoms with Crippen molar-refractivity contribution in [2.24, 2.45) is 5.92 Å². The Bertz CT molecular complexity index is 863. The van der Waals surface area contributed by atoms with Gasteiger partial charge in [-0.2, -0.15) is 0 Å². The van der Waals surface area contributed by atoms with Crippen molar-refractivity contribution in [3.63, 3.8) is 0 Å². The molecule has 0 spiro atoms. The highest BCUT2D eigenvalue weighted by molar-refractivity contribution is 5.94. The number of hydrogen-bond acceptors (Lipinski definition) is 5. The number of carbonyl (C=O) groups is 1. The molecule has 6 heteroatoms. The fourth-order valence-electron chi connectivity index (χ4n) is 4.17. The molecule has 6 nitrogen and oxygen atoms in total. The fraction of sp³-hybridized carbons (Fsp3) is 0.500. The van der Waals surface area contributed by atoms with E-state index < -0.39 is 0 Å². The van der Waals surface area contributed by atoms with E-state index in [0.29, 0.717) is 18.1 Å². The summed E-state index contributed by atoms with van der Waals surface area (Å²) < 4.78 is 5.94. The fourth-order valence-corrected chi connectivity index (χ4v) is 4.17. The van der Waals surface area contributed by atoms with Crippen LogP contribution in [0.3, 0.4) is 0 Å². The van der Waals surface area contributed by atoms with Crippen molar-refractivity contribution in [2.45, 2.75) is 38.5 Å². The van der Waals surface area contributed by atoms with Gasteiger partial charge in [0.25, 0.3) is 0 Å². The molecule has 5 rings (SSSR count). The molecule has 2 aliphatic heterocycles.